The first-order valence-corrected chi connectivity index (χ1v) is 8.10. The van der Waals surface area contributed by atoms with Gasteiger partial charge >= 0.3 is 0 Å². The van der Waals surface area contributed by atoms with Gasteiger partial charge in [0.25, 0.3) is 0 Å². The Morgan fingerprint density at radius 1 is 1.00 bits per heavy atom. The minimum Gasteiger partial charge on any atom is -0.360 e. The fourth-order valence-electron chi connectivity index (χ4n) is 3.19. The maximum atomic E-state index is 8.98. The lowest BCUT2D eigenvalue weighted by molar-refractivity contribution is 0.360. The zero-order valence-corrected chi connectivity index (χ0v) is 13.2. The first kappa shape index (κ1) is 14.5. The molecular weight excluding hydrogens is 298 g/mol. The molecule has 1 aliphatic rings. The second kappa shape index (κ2) is 6.21. The van der Waals surface area contributed by atoms with E-state index < -0.39 is 0 Å². The molecule has 2 heterocycles. The van der Waals surface area contributed by atoms with Gasteiger partial charge in [-0.15, -0.1) is 0 Å². The van der Waals surface area contributed by atoms with Crippen LogP contribution in [-0.2, 0) is 0 Å². The highest BCUT2D eigenvalue weighted by Gasteiger charge is 2.26. The molecule has 1 fully saturated rings. The Kier molecular flexibility index (Phi) is 3.76. The Labute approximate surface area is 140 Å². The van der Waals surface area contributed by atoms with E-state index >= 15 is 0 Å². The molecule has 0 spiro atoms. The fraction of sp³-hybridized carbons (Fsp3) is 0.200. The van der Waals surface area contributed by atoms with Gasteiger partial charge in [-0.25, -0.2) is 0 Å². The number of rotatable bonds is 3. The van der Waals surface area contributed by atoms with Gasteiger partial charge in [0.2, 0.25) is 0 Å². The van der Waals surface area contributed by atoms with Crippen molar-refractivity contribution in [2.24, 2.45) is 0 Å². The van der Waals surface area contributed by atoms with Crippen molar-refractivity contribution in [3.8, 4) is 28.6 Å². The Hall–Kier alpha value is -3.06. The minimum absolute atomic E-state index is 0.253. The number of nitriles is 1. The highest BCUT2D eigenvalue weighted by Crippen LogP contribution is 2.31. The molecule has 1 atom stereocenters. The van der Waals surface area contributed by atoms with Crippen LogP contribution in [0.4, 0.5) is 0 Å². The highest BCUT2D eigenvalue weighted by molar-refractivity contribution is 5.71. The van der Waals surface area contributed by atoms with Crippen LogP contribution in [0.1, 0.15) is 18.1 Å². The lowest BCUT2D eigenvalue weighted by atomic mass is 10.0. The van der Waals surface area contributed by atoms with Crippen molar-refractivity contribution in [3.63, 3.8) is 0 Å². The molecule has 0 amide bonds. The van der Waals surface area contributed by atoms with Crippen LogP contribution < -0.4 is 0 Å². The second-order valence-corrected chi connectivity index (χ2v) is 6.09. The Bertz CT molecular complexity index is 879. The summed E-state index contributed by atoms with van der Waals surface area (Å²) in [6, 6.07) is 20.6. The molecule has 3 aromatic rings. The van der Waals surface area contributed by atoms with Crippen molar-refractivity contribution in [1.82, 2.24) is 10.1 Å². The van der Waals surface area contributed by atoms with Crippen molar-refractivity contribution in [3.05, 3.63) is 66.4 Å². The summed E-state index contributed by atoms with van der Waals surface area (Å²) in [6.07, 6.45) is 3.14. The molecule has 1 aliphatic heterocycles. The molecule has 4 rings (SSSR count). The van der Waals surface area contributed by atoms with Crippen LogP contribution in [0.25, 0.3) is 22.4 Å². The Balaban J connectivity index is 1.60. The summed E-state index contributed by atoms with van der Waals surface area (Å²) in [5, 5.41) is 13.2. The quantitative estimate of drug-likeness (QED) is 0.677. The second-order valence-electron chi connectivity index (χ2n) is 6.09. The molecule has 0 saturated carbocycles. The lowest BCUT2D eigenvalue weighted by Gasteiger charge is -2.05. The zero-order chi connectivity index (χ0) is 16.4. The number of hydrogen-bond donors (Lipinski definition) is 0. The number of likely N-dealkylation sites (tertiary alicyclic amines) is 1. The van der Waals surface area contributed by atoms with Crippen molar-refractivity contribution in [2.75, 3.05) is 13.1 Å². The molecule has 0 radical (unpaired) electrons. The summed E-state index contributed by atoms with van der Waals surface area (Å²) in [6.45, 7) is 1.51. The van der Waals surface area contributed by atoms with Crippen LogP contribution in [0.5, 0.6) is 0 Å². The molecule has 0 aliphatic carbocycles. The summed E-state index contributed by atoms with van der Waals surface area (Å²) in [5.41, 5.74) is 4.23. The third kappa shape index (κ3) is 2.77. The number of aromatic nitrogens is 1. The molecule has 1 unspecified atom stereocenters. The van der Waals surface area contributed by atoms with Gasteiger partial charge in [0, 0.05) is 30.6 Å². The first-order chi connectivity index (χ1) is 11.8. The number of benzene rings is 2. The van der Waals surface area contributed by atoms with E-state index in [2.05, 4.69) is 35.6 Å². The normalized spacial score (nSPS) is 17.0. The standard InChI is InChI=1S/C20H17N3O/c21-14-23-10-9-18(13-23)20-12-19(22-24-20)17-8-4-7-16(11-17)15-5-2-1-3-6-15/h1-8,11-12,18H,9-10,13H2. The fourth-order valence-corrected chi connectivity index (χ4v) is 3.19. The van der Waals surface area contributed by atoms with Crippen molar-refractivity contribution in [1.29, 1.82) is 5.26 Å². The lowest BCUT2D eigenvalue weighted by Crippen LogP contribution is -2.12. The highest BCUT2D eigenvalue weighted by atomic mass is 16.5. The molecule has 4 heteroatoms. The topological polar surface area (TPSA) is 53.1 Å². The average molecular weight is 315 g/mol. The van der Waals surface area contributed by atoms with Gasteiger partial charge in [0.15, 0.2) is 6.19 Å². The molecule has 4 nitrogen and oxygen atoms in total. The SMILES string of the molecule is N#CN1CCC(c2cc(-c3cccc(-c4ccccc4)c3)no2)C1. The Morgan fingerprint density at radius 2 is 1.79 bits per heavy atom. The third-order valence-corrected chi connectivity index (χ3v) is 4.53. The number of nitrogens with zero attached hydrogens (tertiary/aromatic N) is 3. The van der Waals surface area contributed by atoms with Crippen LogP contribution in [0, 0.1) is 11.5 Å². The van der Waals surface area contributed by atoms with Gasteiger partial charge in [-0.2, -0.15) is 5.26 Å². The van der Waals surface area contributed by atoms with E-state index in [-0.39, 0.29) is 5.92 Å². The van der Waals surface area contributed by atoms with Gasteiger partial charge in [0.05, 0.1) is 0 Å². The van der Waals surface area contributed by atoms with Gasteiger partial charge in [-0.3, -0.25) is 0 Å². The van der Waals surface area contributed by atoms with Crippen LogP contribution in [0.15, 0.2) is 65.2 Å². The molecule has 24 heavy (non-hydrogen) atoms. The minimum atomic E-state index is 0.253. The maximum absolute atomic E-state index is 8.98. The van der Waals surface area contributed by atoms with Gasteiger partial charge < -0.3 is 9.42 Å². The van der Waals surface area contributed by atoms with Gasteiger partial charge in [-0.1, -0.05) is 53.7 Å². The van der Waals surface area contributed by atoms with Gasteiger partial charge in [0.1, 0.15) is 11.5 Å². The first-order valence-electron chi connectivity index (χ1n) is 8.10. The molecule has 0 bridgehead atoms. The van der Waals surface area contributed by atoms with E-state index in [1.165, 1.54) is 5.56 Å². The van der Waals surface area contributed by atoms with Crippen LogP contribution >= 0.6 is 0 Å². The van der Waals surface area contributed by atoms with E-state index in [1.807, 2.05) is 36.4 Å². The smallest absolute Gasteiger partial charge is 0.179 e. The van der Waals surface area contributed by atoms with Crippen molar-refractivity contribution < 1.29 is 4.52 Å². The molecule has 2 aromatic carbocycles. The van der Waals surface area contributed by atoms with E-state index in [0.29, 0.717) is 0 Å². The summed E-state index contributed by atoms with van der Waals surface area (Å²) in [4.78, 5) is 1.77. The largest absolute Gasteiger partial charge is 0.360 e. The van der Waals surface area contributed by atoms with E-state index in [9.17, 15) is 0 Å². The summed E-state index contributed by atoms with van der Waals surface area (Å²) < 4.78 is 5.56. The van der Waals surface area contributed by atoms with E-state index in [1.54, 1.807) is 4.90 Å². The van der Waals surface area contributed by atoms with Crippen LogP contribution in [-0.4, -0.2) is 23.1 Å². The monoisotopic (exact) mass is 315 g/mol. The number of hydrogen-bond acceptors (Lipinski definition) is 4. The summed E-state index contributed by atoms with van der Waals surface area (Å²) in [5.74, 6) is 1.12. The zero-order valence-electron chi connectivity index (χ0n) is 13.2. The molecule has 1 saturated heterocycles. The molecule has 1 aromatic heterocycles. The van der Waals surface area contributed by atoms with E-state index in [4.69, 9.17) is 9.78 Å². The van der Waals surface area contributed by atoms with Gasteiger partial charge in [-0.05, 0) is 23.6 Å². The van der Waals surface area contributed by atoms with Crippen molar-refractivity contribution >= 4 is 0 Å². The predicted molar refractivity (Wildman–Crippen MR) is 91.9 cm³/mol. The van der Waals surface area contributed by atoms with E-state index in [0.717, 1.165) is 42.1 Å². The summed E-state index contributed by atoms with van der Waals surface area (Å²) >= 11 is 0. The average Bonchev–Trinajstić information content (AvgIpc) is 3.32. The summed E-state index contributed by atoms with van der Waals surface area (Å²) in [7, 11) is 0. The molecule has 118 valence electrons. The predicted octanol–water partition coefficient (Wildman–Crippen LogP) is 4.28. The van der Waals surface area contributed by atoms with Crippen molar-refractivity contribution in [2.45, 2.75) is 12.3 Å². The van der Waals surface area contributed by atoms with Crippen LogP contribution in [0.2, 0.25) is 0 Å². The molecule has 0 N–H and O–H groups in total. The third-order valence-electron chi connectivity index (χ3n) is 4.53. The Morgan fingerprint density at radius 3 is 2.58 bits per heavy atom. The maximum Gasteiger partial charge on any atom is 0.179 e. The molecular formula is C20H17N3O. The van der Waals surface area contributed by atoms with Crippen LogP contribution in [0.3, 0.4) is 0 Å².